The zero-order valence-corrected chi connectivity index (χ0v) is 52.7. The molecule has 0 heterocycles. The van der Waals surface area contributed by atoms with Crippen molar-refractivity contribution in [2.75, 3.05) is 52.9 Å². The van der Waals surface area contributed by atoms with E-state index in [1.807, 2.05) is 6.21 Å². The van der Waals surface area contributed by atoms with Crippen LogP contribution in [0.1, 0.15) is 362 Å². The van der Waals surface area contributed by atoms with E-state index in [2.05, 4.69) is 49.1 Å². The van der Waals surface area contributed by atoms with E-state index >= 15 is 0 Å². The molecule has 0 aliphatic carbocycles. The highest BCUT2D eigenvalue weighted by atomic mass is 16.3. The van der Waals surface area contributed by atoms with Crippen LogP contribution in [0.5, 0.6) is 0 Å². The highest BCUT2D eigenvalue weighted by molar-refractivity contribution is 5.57. The minimum absolute atomic E-state index is 0.336. The Labute approximate surface area is 477 Å². The second kappa shape index (κ2) is 62.0. The van der Waals surface area contributed by atoms with Crippen molar-refractivity contribution in [3.63, 3.8) is 0 Å². The fourth-order valence-electron chi connectivity index (χ4n) is 11.7. The SMILES string of the molecule is CCCCCCCCCCCCCCC(O)CN(CCCN(C)CCC/[N+](=C/C(O)CCCCCCCCCCCCC)CC(O)CCCCCCCCCCCCC)CC(O)CCCCCCCCCCCCCC. The average Bonchev–Trinajstić information content (AvgIpc) is 3.40. The summed E-state index contributed by atoms with van der Waals surface area (Å²) in [4.78, 5) is 4.81. The van der Waals surface area contributed by atoms with Crippen molar-refractivity contribution in [2.24, 2.45) is 0 Å². The average molecular weight is 1080 g/mol. The van der Waals surface area contributed by atoms with Gasteiger partial charge >= 0.3 is 0 Å². The maximum Gasteiger partial charge on any atom is 0.168 e. The topological polar surface area (TPSA) is 90.4 Å². The fraction of sp³-hybridized carbons (Fsp3) is 0.986. The third kappa shape index (κ3) is 58.1. The molecule has 4 unspecified atom stereocenters. The Morgan fingerprint density at radius 1 is 0.303 bits per heavy atom. The molecule has 4 atom stereocenters. The molecule has 0 amide bonds. The van der Waals surface area contributed by atoms with E-state index in [-0.39, 0.29) is 18.3 Å². The molecule has 456 valence electrons. The molecule has 4 N–H and O–H groups in total. The summed E-state index contributed by atoms with van der Waals surface area (Å²) in [6, 6.07) is 0. The van der Waals surface area contributed by atoms with E-state index in [9.17, 15) is 20.4 Å². The largest absolute Gasteiger partial charge is 0.392 e. The predicted octanol–water partition coefficient (Wildman–Crippen LogP) is 19.1. The zero-order chi connectivity index (χ0) is 55.5. The van der Waals surface area contributed by atoms with Gasteiger partial charge in [0.2, 0.25) is 0 Å². The van der Waals surface area contributed by atoms with Crippen molar-refractivity contribution in [1.29, 1.82) is 0 Å². The molecule has 0 aliphatic heterocycles. The van der Waals surface area contributed by atoms with Gasteiger partial charge in [-0.3, -0.25) is 4.90 Å². The fourth-order valence-corrected chi connectivity index (χ4v) is 11.7. The Bertz CT molecular complexity index is 1090. The van der Waals surface area contributed by atoms with Gasteiger partial charge in [0.1, 0.15) is 18.8 Å². The van der Waals surface area contributed by atoms with Crippen molar-refractivity contribution in [2.45, 2.75) is 386 Å². The van der Waals surface area contributed by atoms with Gasteiger partial charge in [0.25, 0.3) is 0 Å². The molecule has 7 nitrogen and oxygen atoms in total. The monoisotopic (exact) mass is 1080 g/mol. The van der Waals surface area contributed by atoms with Gasteiger partial charge < -0.3 is 25.3 Å². The maximum absolute atomic E-state index is 11.3. The first-order chi connectivity index (χ1) is 37.2. The van der Waals surface area contributed by atoms with E-state index in [0.717, 1.165) is 90.4 Å². The maximum atomic E-state index is 11.3. The first-order valence-corrected chi connectivity index (χ1v) is 35.0. The van der Waals surface area contributed by atoms with Crippen molar-refractivity contribution in [3.8, 4) is 0 Å². The molecule has 0 aromatic heterocycles. The van der Waals surface area contributed by atoms with Gasteiger partial charge in [0.15, 0.2) is 12.8 Å². The smallest absolute Gasteiger partial charge is 0.168 e. The van der Waals surface area contributed by atoms with Crippen LogP contribution in [0.25, 0.3) is 0 Å². The second-order valence-electron chi connectivity index (χ2n) is 24.9. The van der Waals surface area contributed by atoms with Gasteiger partial charge in [0.05, 0.1) is 12.2 Å². The molecule has 0 saturated heterocycles. The molecule has 0 bridgehead atoms. The predicted molar refractivity (Wildman–Crippen MR) is 337 cm³/mol. The number of aliphatic hydroxyl groups is 4. The summed E-state index contributed by atoms with van der Waals surface area (Å²) in [5.74, 6) is 0. The van der Waals surface area contributed by atoms with E-state index in [1.54, 1.807) is 0 Å². The first-order valence-electron chi connectivity index (χ1n) is 35.0. The highest BCUT2D eigenvalue weighted by Gasteiger charge is 2.18. The zero-order valence-electron chi connectivity index (χ0n) is 52.7. The second-order valence-corrected chi connectivity index (χ2v) is 24.9. The Morgan fingerprint density at radius 3 is 0.882 bits per heavy atom. The molecule has 0 spiro atoms. The lowest BCUT2D eigenvalue weighted by Gasteiger charge is -2.28. The summed E-state index contributed by atoms with van der Waals surface area (Å²) in [5.41, 5.74) is 0. The van der Waals surface area contributed by atoms with Crippen LogP contribution in [-0.2, 0) is 0 Å². The Hall–Kier alpha value is -0.570. The molecule has 0 aromatic carbocycles. The lowest BCUT2D eigenvalue weighted by atomic mass is 10.0. The summed E-state index contributed by atoms with van der Waals surface area (Å²) < 4.78 is 2.25. The third-order valence-corrected chi connectivity index (χ3v) is 16.8. The van der Waals surface area contributed by atoms with Crippen molar-refractivity contribution >= 4 is 6.21 Å². The Kier molecular flexibility index (Phi) is 61.6. The van der Waals surface area contributed by atoms with Crippen molar-refractivity contribution in [1.82, 2.24) is 9.80 Å². The normalized spacial score (nSPS) is 13.9. The number of hydrogen-bond donors (Lipinski definition) is 4. The molecule has 76 heavy (non-hydrogen) atoms. The van der Waals surface area contributed by atoms with Gasteiger partial charge in [-0.2, -0.15) is 0 Å². The molecule has 0 radical (unpaired) electrons. The molecule has 0 rings (SSSR count). The van der Waals surface area contributed by atoms with Gasteiger partial charge in [-0.15, -0.1) is 0 Å². The standard InChI is InChI=1S/C69H142N3O4/c1-6-10-14-18-22-26-30-34-38-42-46-50-56-68(75)64-72(65-69(76)57-51-47-43-39-35-31-27-23-19-15-11-7-2)61-53-59-70(5)58-52-60-71(62-66(73)54-48-44-40-36-32-28-24-20-16-12-8-3)63-67(74)55-49-45-41-37-33-29-25-21-17-13-9-4/h62,66-69,73-76H,6-61,63-65H2,1-5H3/q+1/b71-62-. The molecule has 7 heteroatoms. The van der Waals surface area contributed by atoms with Crippen molar-refractivity contribution in [3.05, 3.63) is 0 Å². The van der Waals surface area contributed by atoms with E-state index in [0.29, 0.717) is 19.6 Å². The molecule has 0 saturated carbocycles. The highest BCUT2D eigenvalue weighted by Crippen LogP contribution is 2.18. The van der Waals surface area contributed by atoms with Crippen LogP contribution in [0.15, 0.2) is 0 Å². The summed E-state index contributed by atoms with van der Waals surface area (Å²) in [5, 5.41) is 44.9. The quantitative estimate of drug-likeness (QED) is 0.0276. The lowest BCUT2D eigenvalue weighted by molar-refractivity contribution is -0.535. The van der Waals surface area contributed by atoms with Gasteiger partial charge in [-0.05, 0) is 52.2 Å². The number of aliphatic hydroxyl groups excluding tert-OH is 4. The van der Waals surface area contributed by atoms with Crippen LogP contribution in [0.4, 0.5) is 0 Å². The van der Waals surface area contributed by atoms with Crippen LogP contribution < -0.4 is 0 Å². The van der Waals surface area contributed by atoms with E-state index < -0.39 is 6.10 Å². The molecule has 0 fully saturated rings. The van der Waals surface area contributed by atoms with Gasteiger partial charge in [0, 0.05) is 26.1 Å². The van der Waals surface area contributed by atoms with Crippen LogP contribution in [0, 0.1) is 0 Å². The Morgan fingerprint density at radius 2 is 0.566 bits per heavy atom. The number of hydrogen-bond acceptors (Lipinski definition) is 6. The van der Waals surface area contributed by atoms with E-state index in [1.165, 1.54) is 270 Å². The van der Waals surface area contributed by atoms with Crippen LogP contribution in [0.2, 0.25) is 0 Å². The third-order valence-electron chi connectivity index (χ3n) is 16.8. The van der Waals surface area contributed by atoms with Crippen LogP contribution in [0.3, 0.4) is 0 Å². The first kappa shape index (κ1) is 75.4. The van der Waals surface area contributed by atoms with Crippen molar-refractivity contribution < 1.29 is 25.0 Å². The van der Waals surface area contributed by atoms with Gasteiger partial charge in [-0.25, -0.2) is 4.58 Å². The molecule has 0 aliphatic rings. The Balaban J connectivity index is 5.11. The number of unbranched alkanes of at least 4 members (excludes halogenated alkanes) is 42. The summed E-state index contributed by atoms with van der Waals surface area (Å²) in [7, 11) is 2.23. The summed E-state index contributed by atoms with van der Waals surface area (Å²) in [6.45, 7) is 14.8. The summed E-state index contributed by atoms with van der Waals surface area (Å²) >= 11 is 0. The van der Waals surface area contributed by atoms with Crippen LogP contribution >= 0.6 is 0 Å². The molecule has 0 aromatic rings. The minimum atomic E-state index is -0.457. The van der Waals surface area contributed by atoms with Crippen LogP contribution in [-0.4, -0.2) is 118 Å². The number of rotatable bonds is 65. The summed E-state index contributed by atoms with van der Waals surface area (Å²) in [6.07, 6.45) is 66.8. The number of nitrogens with zero attached hydrogens (tertiary/aromatic N) is 3. The molecular formula is C69H142N3O4+. The van der Waals surface area contributed by atoms with Gasteiger partial charge in [-0.1, -0.05) is 323 Å². The van der Waals surface area contributed by atoms with E-state index in [4.69, 9.17) is 0 Å². The molecular weight excluding hydrogens is 935 g/mol. The lowest BCUT2D eigenvalue weighted by Crippen LogP contribution is -2.39. The minimum Gasteiger partial charge on any atom is -0.392 e.